The van der Waals surface area contributed by atoms with Gasteiger partial charge in [0, 0.05) is 0 Å². The minimum atomic E-state index is 0.629. The summed E-state index contributed by atoms with van der Waals surface area (Å²) >= 11 is 0. The molecule has 0 atom stereocenters. The first-order chi connectivity index (χ1) is 3.81. The Kier molecular flexibility index (Phi) is 3.76. The van der Waals surface area contributed by atoms with E-state index in [9.17, 15) is 0 Å². The Morgan fingerprint density at radius 2 is 1.62 bits per heavy atom. The predicted molar refractivity (Wildman–Crippen MR) is 35.2 cm³/mol. The maximum Gasteiger partial charge on any atom is 0.0604 e. The van der Waals surface area contributed by atoms with Gasteiger partial charge in [0.05, 0.1) is 13.1 Å². The molecular weight excluding hydrogens is 98.1 g/mol. The number of hydrogen-bond acceptors (Lipinski definition) is 1. The normalized spacial score (nSPS) is 8.00. The van der Waals surface area contributed by atoms with Gasteiger partial charge in [-0.25, -0.2) is 0 Å². The Bertz CT molecular complexity index is 108. The van der Waals surface area contributed by atoms with Gasteiger partial charge in [-0.1, -0.05) is 11.8 Å². The summed E-state index contributed by atoms with van der Waals surface area (Å²) in [6.07, 6.45) is 10.00. The van der Waals surface area contributed by atoms with Gasteiger partial charge in [-0.05, 0) is 7.05 Å². The zero-order valence-corrected chi connectivity index (χ0v) is 5.02. The summed E-state index contributed by atoms with van der Waals surface area (Å²) in [6, 6.07) is 0. The molecule has 0 aliphatic rings. The Hall–Kier alpha value is -0.920. The summed E-state index contributed by atoms with van der Waals surface area (Å²) in [5.74, 6) is 4.97. The van der Waals surface area contributed by atoms with E-state index in [2.05, 4.69) is 11.8 Å². The van der Waals surface area contributed by atoms with Crippen LogP contribution in [0, 0.1) is 24.7 Å². The van der Waals surface area contributed by atoms with Gasteiger partial charge in [0.25, 0.3) is 0 Å². The standard InChI is InChI=1S/C7H9N/c1-4-6-8(3)7-5-2/h1-2H,6-7H2,3H3. The molecule has 0 aliphatic carbocycles. The highest BCUT2D eigenvalue weighted by atomic mass is 15.1. The number of hydrogen-bond donors (Lipinski definition) is 0. The van der Waals surface area contributed by atoms with Crippen LogP contribution < -0.4 is 0 Å². The van der Waals surface area contributed by atoms with Crippen LogP contribution in [0.15, 0.2) is 0 Å². The second-order valence-corrected chi connectivity index (χ2v) is 1.58. The fraction of sp³-hybridized carbons (Fsp3) is 0.429. The van der Waals surface area contributed by atoms with Crippen molar-refractivity contribution < 1.29 is 0 Å². The summed E-state index contributed by atoms with van der Waals surface area (Å²) in [4.78, 5) is 1.89. The quantitative estimate of drug-likeness (QED) is 0.455. The zero-order chi connectivity index (χ0) is 6.41. The van der Waals surface area contributed by atoms with Crippen molar-refractivity contribution in [1.82, 2.24) is 4.90 Å². The van der Waals surface area contributed by atoms with E-state index in [1.54, 1.807) is 0 Å². The van der Waals surface area contributed by atoms with Gasteiger partial charge in [0.1, 0.15) is 0 Å². The van der Waals surface area contributed by atoms with E-state index in [0.717, 1.165) is 0 Å². The first-order valence-electron chi connectivity index (χ1n) is 2.36. The second kappa shape index (κ2) is 4.24. The molecule has 42 valence electrons. The van der Waals surface area contributed by atoms with Crippen molar-refractivity contribution in [2.24, 2.45) is 0 Å². The van der Waals surface area contributed by atoms with E-state index in [1.165, 1.54) is 0 Å². The molecule has 0 rings (SSSR count). The lowest BCUT2D eigenvalue weighted by atomic mass is 10.5. The van der Waals surface area contributed by atoms with Crippen LogP contribution in [-0.4, -0.2) is 25.0 Å². The molecule has 0 aliphatic heterocycles. The lowest BCUT2D eigenvalue weighted by Crippen LogP contribution is -2.18. The lowest BCUT2D eigenvalue weighted by molar-refractivity contribution is 0.426. The fourth-order valence-electron chi connectivity index (χ4n) is 0.368. The molecule has 0 aromatic carbocycles. The average Bonchev–Trinajstić information content (AvgIpc) is 1.68. The van der Waals surface area contributed by atoms with Crippen molar-refractivity contribution in [3.63, 3.8) is 0 Å². The molecule has 0 heterocycles. The molecule has 0 bridgehead atoms. The van der Waals surface area contributed by atoms with Crippen molar-refractivity contribution >= 4 is 0 Å². The van der Waals surface area contributed by atoms with Crippen LogP contribution in [0.2, 0.25) is 0 Å². The van der Waals surface area contributed by atoms with E-state index in [-0.39, 0.29) is 0 Å². The first-order valence-corrected chi connectivity index (χ1v) is 2.36. The maximum absolute atomic E-state index is 5.00. The molecule has 0 amide bonds. The van der Waals surface area contributed by atoms with E-state index >= 15 is 0 Å². The highest BCUT2D eigenvalue weighted by Crippen LogP contribution is 1.74. The molecule has 0 aromatic rings. The van der Waals surface area contributed by atoms with Crippen molar-refractivity contribution in [2.75, 3.05) is 20.1 Å². The Balaban J connectivity index is 3.25. The monoisotopic (exact) mass is 107 g/mol. The van der Waals surface area contributed by atoms with Crippen molar-refractivity contribution in [2.45, 2.75) is 0 Å². The largest absolute Gasteiger partial charge is 0.284 e. The maximum atomic E-state index is 5.00. The Morgan fingerprint density at radius 1 is 1.25 bits per heavy atom. The zero-order valence-electron chi connectivity index (χ0n) is 5.02. The number of nitrogens with zero attached hydrogens (tertiary/aromatic N) is 1. The van der Waals surface area contributed by atoms with Crippen molar-refractivity contribution in [3.8, 4) is 24.7 Å². The van der Waals surface area contributed by atoms with Gasteiger partial charge >= 0.3 is 0 Å². The minimum absolute atomic E-state index is 0.629. The van der Waals surface area contributed by atoms with Crippen LogP contribution in [0.5, 0.6) is 0 Å². The van der Waals surface area contributed by atoms with E-state index < -0.39 is 0 Å². The van der Waals surface area contributed by atoms with E-state index in [1.807, 2.05) is 11.9 Å². The Labute approximate surface area is 50.7 Å². The van der Waals surface area contributed by atoms with Gasteiger partial charge in [-0.15, -0.1) is 12.8 Å². The summed E-state index contributed by atoms with van der Waals surface area (Å²) in [5, 5.41) is 0. The fourth-order valence-corrected chi connectivity index (χ4v) is 0.368. The molecule has 0 saturated heterocycles. The molecule has 0 radical (unpaired) electrons. The summed E-state index contributed by atoms with van der Waals surface area (Å²) < 4.78 is 0. The second-order valence-electron chi connectivity index (χ2n) is 1.58. The van der Waals surface area contributed by atoms with Crippen LogP contribution in [-0.2, 0) is 0 Å². The minimum Gasteiger partial charge on any atom is -0.284 e. The summed E-state index contributed by atoms with van der Waals surface area (Å²) in [6.45, 7) is 1.26. The van der Waals surface area contributed by atoms with Gasteiger partial charge < -0.3 is 0 Å². The molecule has 0 spiro atoms. The third kappa shape index (κ3) is 3.28. The van der Waals surface area contributed by atoms with E-state index in [4.69, 9.17) is 12.8 Å². The summed E-state index contributed by atoms with van der Waals surface area (Å²) in [7, 11) is 1.89. The SMILES string of the molecule is C#CCN(C)CC#C. The van der Waals surface area contributed by atoms with Gasteiger partial charge in [0.15, 0.2) is 0 Å². The van der Waals surface area contributed by atoms with Crippen molar-refractivity contribution in [3.05, 3.63) is 0 Å². The van der Waals surface area contributed by atoms with Crippen molar-refractivity contribution in [1.29, 1.82) is 0 Å². The van der Waals surface area contributed by atoms with Crippen LogP contribution >= 0.6 is 0 Å². The first kappa shape index (κ1) is 7.08. The predicted octanol–water partition coefficient (Wildman–Crippen LogP) is 0.185. The molecular formula is C7H9N. The molecule has 0 fully saturated rings. The van der Waals surface area contributed by atoms with Gasteiger partial charge in [-0.2, -0.15) is 0 Å². The third-order valence-corrected chi connectivity index (χ3v) is 0.722. The molecule has 0 N–H and O–H groups in total. The molecule has 0 saturated carbocycles. The van der Waals surface area contributed by atoms with Crippen LogP contribution in [0.4, 0.5) is 0 Å². The molecule has 0 unspecified atom stereocenters. The number of rotatable bonds is 2. The average molecular weight is 107 g/mol. The molecule has 0 aromatic heterocycles. The highest BCUT2D eigenvalue weighted by molar-refractivity contribution is 4.93. The third-order valence-electron chi connectivity index (χ3n) is 0.722. The molecule has 1 nitrogen and oxygen atoms in total. The van der Waals surface area contributed by atoms with E-state index in [0.29, 0.717) is 13.1 Å². The van der Waals surface area contributed by atoms with Crippen LogP contribution in [0.25, 0.3) is 0 Å². The van der Waals surface area contributed by atoms with Gasteiger partial charge in [-0.3, -0.25) is 4.90 Å². The molecule has 1 heteroatoms. The van der Waals surface area contributed by atoms with Crippen LogP contribution in [0.3, 0.4) is 0 Å². The highest BCUT2D eigenvalue weighted by Gasteiger charge is 1.86. The lowest BCUT2D eigenvalue weighted by Gasteiger charge is -2.06. The topological polar surface area (TPSA) is 3.24 Å². The van der Waals surface area contributed by atoms with Crippen LogP contribution in [0.1, 0.15) is 0 Å². The summed E-state index contributed by atoms with van der Waals surface area (Å²) in [5.41, 5.74) is 0. The van der Waals surface area contributed by atoms with Gasteiger partial charge in [0.2, 0.25) is 0 Å². The smallest absolute Gasteiger partial charge is 0.0604 e. The number of terminal acetylenes is 2. The molecule has 8 heavy (non-hydrogen) atoms. The Morgan fingerprint density at radius 3 is 1.88 bits per heavy atom.